The summed E-state index contributed by atoms with van der Waals surface area (Å²) >= 11 is 0. The van der Waals surface area contributed by atoms with Crippen molar-refractivity contribution in [2.75, 3.05) is 13.7 Å². The Hall–Kier alpha value is -1.13. The SMILES string of the molecule is CNCc1ccc(OCC(C)O)cn1. The molecule has 1 unspecified atom stereocenters. The fourth-order valence-electron chi connectivity index (χ4n) is 0.999. The summed E-state index contributed by atoms with van der Waals surface area (Å²) in [6.07, 6.45) is 1.21. The largest absolute Gasteiger partial charge is 0.489 e. The number of hydrogen-bond donors (Lipinski definition) is 2. The Morgan fingerprint density at radius 3 is 2.86 bits per heavy atom. The predicted molar refractivity (Wildman–Crippen MR) is 54.2 cm³/mol. The molecule has 1 heterocycles. The summed E-state index contributed by atoms with van der Waals surface area (Å²) in [5.74, 6) is 0.686. The Balaban J connectivity index is 2.46. The van der Waals surface area contributed by atoms with Crippen molar-refractivity contribution in [1.29, 1.82) is 0 Å². The average molecular weight is 196 g/mol. The Morgan fingerprint density at radius 2 is 2.36 bits per heavy atom. The van der Waals surface area contributed by atoms with Crippen molar-refractivity contribution in [3.8, 4) is 5.75 Å². The van der Waals surface area contributed by atoms with Crippen molar-refractivity contribution in [3.05, 3.63) is 24.0 Å². The van der Waals surface area contributed by atoms with Crippen LogP contribution in [0, 0.1) is 0 Å². The van der Waals surface area contributed by atoms with Gasteiger partial charge in [-0.1, -0.05) is 0 Å². The quantitative estimate of drug-likeness (QED) is 0.722. The molecule has 14 heavy (non-hydrogen) atoms. The van der Waals surface area contributed by atoms with E-state index in [0.717, 1.165) is 12.2 Å². The predicted octanol–water partition coefficient (Wildman–Crippen LogP) is 0.561. The molecule has 0 aliphatic carbocycles. The molecule has 0 spiro atoms. The minimum absolute atomic E-state index is 0.299. The standard InChI is InChI=1S/C10H16N2O2/c1-8(13)7-14-10-4-3-9(5-11-2)12-6-10/h3-4,6,8,11,13H,5,7H2,1-2H3. The third-order valence-corrected chi connectivity index (χ3v) is 1.65. The Bertz CT molecular complexity index is 259. The summed E-state index contributed by atoms with van der Waals surface area (Å²) < 4.78 is 5.27. The van der Waals surface area contributed by atoms with Crippen molar-refractivity contribution in [2.24, 2.45) is 0 Å². The number of nitrogens with zero attached hydrogens (tertiary/aromatic N) is 1. The molecule has 0 aromatic carbocycles. The van der Waals surface area contributed by atoms with Crippen molar-refractivity contribution < 1.29 is 9.84 Å². The van der Waals surface area contributed by atoms with Gasteiger partial charge in [-0.05, 0) is 26.1 Å². The van der Waals surface area contributed by atoms with Crippen molar-refractivity contribution >= 4 is 0 Å². The number of aliphatic hydroxyl groups excluding tert-OH is 1. The van der Waals surface area contributed by atoms with Gasteiger partial charge in [0.15, 0.2) is 0 Å². The molecule has 1 aromatic rings. The maximum atomic E-state index is 9.00. The first kappa shape index (κ1) is 10.9. The second-order valence-electron chi connectivity index (χ2n) is 3.18. The lowest BCUT2D eigenvalue weighted by molar-refractivity contribution is 0.122. The van der Waals surface area contributed by atoms with E-state index in [0.29, 0.717) is 12.4 Å². The van der Waals surface area contributed by atoms with Crippen LogP contribution in [0.2, 0.25) is 0 Å². The molecule has 1 rings (SSSR count). The highest BCUT2D eigenvalue weighted by molar-refractivity contribution is 5.19. The van der Waals surface area contributed by atoms with Gasteiger partial charge in [0.1, 0.15) is 12.4 Å². The maximum Gasteiger partial charge on any atom is 0.137 e. The molecule has 1 atom stereocenters. The molecule has 1 aromatic heterocycles. The van der Waals surface area contributed by atoms with Gasteiger partial charge >= 0.3 is 0 Å². The molecular weight excluding hydrogens is 180 g/mol. The van der Waals surface area contributed by atoms with Gasteiger partial charge in [-0.25, -0.2) is 0 Å². The highest BCUT2D eigenvalue weighted by Gasteiger charge is 1.98. The van der Waals surface area contributed by atoms with Crippen LogP contribution in [-0.4, -0.2) is 29.8 Å². The lowest BCUT2D eigenvalue weighted by Crippen LogP contribution is -2.13. The fourth-order valence-corrected chi connectivity index (χ4v) is 0.999. The maximum absolute atomic E-state index is 9.00. The molecule has 0 saturated carbocycles. The highest BCUT2D eigenvalue weighted by Crippen LogP contribution is 2.09. The smallest absolute Gasteiger partial charge is 0.137 e. The summed E-state index contributed by atoms with van der Waals surface area (Å²) in [5.41, 5.74) is 0.969. The molecule has 0 saturated heterocycles. The molecule has 4 nitrogen and oxygen atoms in total. The molecule has 0 aliphatic heterocycles. The van der Waals surface area contributed by atoms with Crippen LogP contribution in [0.5, 0.6) is 5.75 Å². The van der Waals surface area contributed by atoms with E-state index < -0.39 is 6.10 Å². The minimum atomic E-state index is -0.452. The average Bonchev–Trinajstić information content (AvgIpc) is 2.17. The molecule has 0 bridgehead atoms. The number of aromatic nitrogens is 1. The van der Waals surface area contributed by atoms with Crippen LogP contribution < -0.4 is 10.1 Å². The summed E-state index contributed by atoms with van der Waals surface area (Å²) in [4.78, 5) is 4.18. The molecule has 0 aliphatic rings. The summed E-state index contributed by atoms with van der Waals surface area (Å²) in [6, 6.07) is 3.75. The van der Waals surface area contributed by atoms with E-state index in [1.165, 1.54) is 0 Å². The van der Waals surface area contributed by atoms with Gasteiger partial charge in [-0.2, -0.15) is 0 Å². The second kappa shape index (κ2) is 5.57. The van der Waals surface area contributed by atoms with E-state index in [1.807, 2.05) is 19.2 Å². The first-order chi connectivity index (χ1) is 6.72. The van der Waals surface area contributed by atoms with Crippen LogP contribution >= 0.6 is 0 Å². The zero-order valence-electron chi connectivity index (χ0n) is 8.53. The van der Waals surface area contributed by atoms with Crippen LogP contribution in [0.25, 0.3) is 0 Å². The molecule has 78 valence electrons. The normalized spacial score (nSPS) is 12.5. The molecule has 0 radical (unpaired) electrons. The van der Waals surface area contributed by atoms with Gasteiger partial charge in [-0.3, -0.25) is 4.98 Å². The molecular formula is C10H16N2O2. The number of ether oxygens (including phenoxy) is 1. The van der Waals surface area contributed by atoms with E-state index in [9.17, 15) is 0 Å². The highest BCUT2D eigenvalue weighted by atomic mass is 16.5. The van der Waals surface area contributed by atoms with E-state index in [4.69, 9.17) is 9.84 Å². The van der Waals surface area contributed by atoms with Gasteiger partial charge in [0, 0.05) is 6.54 Å². The zero-order valence-corrected chi connectivity index (χ0v) is 8.53. The first-order valence-corrected chi connectivity index (χ1v) is 4.62. The van der Waals surface area contributed by atoms with Crippen LogP contribution in [0.4, 0.5) is 0 Å². The second-order valence-corrected chi connectivity index (χ2v) is 3.18. The Kier molecular flexibility index (Phi) is 4.35. The van der Waals surface area contributed by atoms with E-state index >= 15 is 0 Å². The van der Waals surface area contributed by atoms with Gasteiger partial charge in [0.2, 0.25) is 0 Å². The fraction of sp³-hybridized carbons (Fsp3) is 0.500. The first-order valence-electron chi connectivity index (χ1n) is 4.62. The monoisotopic (exact) mass is 196 g/mol. The van der Waals surface area contributed by atoms with Crippen molar-refractivity contribution in [3.63, 3.8) is 0 Å². The number of rotatable bonds is 5. The van der Waals surface area contributed by atoms with E-state index in [-0.39, 0.29) is 0 Å². The zero-order chi connectivity index (χ0) is 10.4. The summed E-state index contributed by atoms with van der Waals surface area (Å²) in [6.45, 7) is 2.73. The molecule has 0 amide bonds. The Labute approximate surface area is 83.9 Å². The molecule has 2 N–H and O–H groups in total. The topological polar surface area (TPSA) is 54.4 Å². The summed E-state index contributed by atoms with van der Waals surface area (Å²) in [5, 5.41) is 12.0. The van der Waals surface area contributed by atoms with E-state index in [2.05, 4.69) is 10.3 Å². The van der Waals surface area contributed by atoms with Gasteiger partial charge < -0.3 is 15.2 Å². The van der Waals surface area contributed by atoms with E-state index in [1.54, 1.807) is 13.1 Å². The Morgan fingerprint density at radius 1 is 1.57 bits per heavy atom. The minimum Gasteiger partial charge on any atom is -0.489 e. The number of aliphatic hydroxyl groups is 1. The third-order valence-electron chi connectivity index (χ3n) is 1.65. The van der Waals surface area contributed by atoms with Gasteiger partial charge in [0.05, 0.1) is 18.0 Å². The molecule has 4 heteroatoms. The lowest BCUT2D eigenvalue weighted by Gasteiger charge is -2.07. The number of pyridine rings is 1. The van der Waals surface area contributed by atoms with Gasteiger partial charge in [0.25, 0.3) is 0 Å². The van der Waals surface area contributed by atoms with Crippen molar-refractivity contribution in [1.82, 2.24) is 10.3 Å². The van der Waals surface area contributed by atoms with Crippen LogP contribution in [0.1, 0.15) is 12.6 Å². The third kappa shape index (κ3) is 3.72. The van der Waals surface area contributed by atoms with Crippen molar-refractivity contribution in [2.45, 2.75) is 19.6 Å². The molecule has 0 fully saturated rings. The van der Waals surface area contributed by atoms with Gasteiger partial charge in [-0.15, -0.1) is 0 Å². The number of nitrogens with one attached hydrogen (secondary N) is 1. The van der Waals surface area contributed by atoms with Crippen LogP contribution in [-0.2, 0) is 6.54 Å². The van der Waals surface area contributed by atoms with Crippen LogP contribution in [0.15, 0.2) is 18.3 Å². The van der Waals surface area contributed by atoms with Crippen LogP contribution in [0.3, 0.4) is 0 Å². The number of hydrogen-bond acceptors (Lipinski definition) is 4. The lowest BCUT2D eigenvalue weighted by atomic mass is 10.3. The summed E-state index contributed by atoms with van der Waals surface area (Å²) in [7, 11) is 1.87.